The lowest BCUT2D eigenvalue weighted by Gasteiger charge is -2.20. The number of benzene rings is 3. The van der Waals surface area contributed by atoms with Crippen LogP contribution in [0.25, 0.3) is 0 Å². The Labute approximate surface area is 222 Å². The Balaban J connectivity index is 1.58. The van der Waals surface area contributed by atoms with E-state index in [0.717, 1.165) is 15.6 Å². The number of hydrogen-bond donors (Lipinski definition) is 2. The minimum absolute atomic E-state index is 0.164. The van der Waals surface area contributed by atoms with Crippen LogP contribution in [0.1, 0.15) is 35.3 Å². The molecule has 2 N–H and O–H groups in total. The maximum Gasteiger partial charge on any atom is 0.262 e. The summed E-state index contributed by atoms with van der Waals surface area (Å²) in [7, 11) is 0. The molecule has 6 nitrogen and oxygen atoms in total. The van der Waals surface area contributed by atoms with Crippen molar-refractivity contribution in [2.75, 3.05) is 0 Å². The minimum Gasteiger partial charge on any atom is -0.488 e. The zero-order valence-corrected chi connectivity index (χ0v) is 22.2. The van der Waals surface area contributed by atoms with Crippen molar-refractivity contribution in [1.29, 1.82) is 0 Å². The van der Waals surface area contributed by atoms with Crippen LogP contribution < -0.4 is 15.5 Å². The largest absolute Gasteiger partial charge is 0.488 e. The van der Waals surface area contributed by atoms with E-state index in [4.69, 9.17) is 27.9 Å². The van der Waals surface area contributed by atoms with E-state index in [0.29, 0.717) is 28.0 Å². The number of amides is 2. The fraction of sp³-hybridized carbons (Fsp3) is 0.192. The van der Waals surface area contributed by atoms with Crippen molar-refractivity contribution in [3.8, 4) is 5.75 Å². The minimum atomic E-state index is -0.786. The first-order valence-corrected chi connectivity index (χ1v) is 12.3. The average Bonchev–Trinajstić information content (AvgIpc) is 2.83. The number of hydrazone groups is 1. The summed E-state index contributed by atoms with van der Waals surface area (Å²) in [5.74, 6) is -0.351. The third kappa shape index (κ3) is 7.82. The van der Waals surface area contributed by atoms with Crippen molar-refractivity contribution in [2.45, 2.75) is 26.5 Å². The van der Waals surface area contributed by atoms with E-state index in [1.807, 2.05) is 56.3 Å². The van der Waals surface area contributed by atoms with Crippen LogP contribution in [0.3, 0.4) is 0 Å². The predicted octanol–water partition coefficient (Wildman–Crippen LogP) is 6.24. The lowest BCUT2D eigenvalue weighted by atomic mass is 10.0. The summed E-state index contributed by atoms with van der Waals surface area (Å²) >= 11 is 15.5. The van der Waals surface area contributed by atoms with Gasteiger partial charge in [0.15, 0.2) is 0 Å². The standard InChI is InChI=1S/C26H24BrCl2N3O3/c1-16(2)24(31-25(33)20-5-3-4-6-22(20)29)26(34)32-30-14-18-9-12-23(21(27)13-18)35-15-17-7-10-19(28)11-8-17/h3-14,16,24H,15H2,1-2H3,(H,31,33)(H,32,34)/b30-14+. The van der Waals surface area contributed by atoms with E-state index >= 15 is 0 Å². The second kappa shape index (κ2) is 12.7. The van der Waals surface area contributed by atoms with Crippen LogP contribution in [-0.4, -0.2) is 24.1 Å². The van der Waals surface area contributed by atoms with Gasteiger partial charge in [0.2, 0.25) is 0 Å². The highest BCUT2D eigenvalue weighted by Crippen LogP contribution is 2.26. The number of ether oxygens (including phenoxy) is 1. The molecule has 0 saturated carbocycles. The Morgan fingerprint density at radius 1 is 1.06 bits per heavy atom. The number of carbonyl (C=O) groups is 2. The highest BCUT2D eigenvalue weighted by molar-refractivity contribution is 9.10. The molecule has 182 valence electrons. The zero-order valence-electron chi connectivity index (χ0n) is 19.1. The summed E-state index contributed by atoms with van der Waals surface area (Å²) in [5, 5.41) is 7.76. The molecule has 0 fully saturated rings. The first kappa shape index (κ1) is 26.7. The molecule has 0 aliphatic rings. The summed E-state index contributed by atoms with van der Waals surface area (Å²) < 4.78 is 6.59. The van der Waals surface area contributed by atoms with Crippen molar-refractivity contribution >= 4 is 57.2 Å². The normalized spacial score (nSPS) is 11.9. The molecule has 0 aliphatic carbocycles. The van der Waals surface area contributed by atoms with E-state index in [1.165, 1.54) is 6.21 Å². The number of halogens is 3. The number of hydrogen-bond acceptors (Lipinski definition) is 4. The lowest BCUT2D eigenvalue weighted by molar-refractivity contribution is -0.123. The molecule has 0 bridgehead atoms. The third-order valence-electron chi connectivity index (χ3n) is 5.01. The summed E-state index contributed by atoms with van der Waals surface area (Å²) in [6, 6.07) is 18.8. The van der Waals surface area contributed by atoms with Gasteiger partial charge < -0.3 is 10.1 Å². The molecule has 3 aromatic carbocycles. The maximum atomic E-state index is 12.7. The SMILES string of the molecule is CC(C)C(NC(=O)c1ccccc1Cl)C(=O)N/N=C/c1ccc(OCc2ccc(Cl)cc2)c(Br)c1. The van der Waals surface area contributed by atoms with Gasteiger partial charge in [-0.3, -0.25) is 9.59 Å². The predicted molar refractivity (Wildman–Crippen MR) is 143 cm³/mol. The number of nitrogens with one attached hydrogen (secondary N) is 2. The summed E-state index contributed by atoms with van der Waals surface area (Å²) in [4.78, 5) is 25.2. The summed E-state index contributed by atoms with van der Waals surface area (Å²) in [6.07, 6.45) is 1.51. The number of carbonyl (C=O) groups excluding carboxylic acids is 2. The van der Waals surface area contributed by atoms with Crippen LogP contribution in [-0.2, 0) is 11.4 Å². The molecule has 9 heteroatoms. The third-order valence-corrected chi connectivity index (χ3v) is 6.21. The molecule has 2 amide bonds. The van der Waals surface area contributed by atoms with Gasteiger partial charge >= 0.3 is 0 Å². The molecule has 35 heavy (non-hydrogen) atoms. The van der Waals surface area contributed by atoms with Gasteiger partial charge in [-0.2, -0.15) is 5.10 Å². The molecule has 1 unspecified atom stereocenters. The Morgan fingerprint density at radius 3 is 2.43 bits per heavy atom. The molecule has 0 heterocycles. The molecule has 3 aromatic rings. The fourth-order valence-electron chi connectivity index (χ4n) is 3.10. The highest BCUT2D eigenvalue weighted by atomic mass is 79.9. The van der Waals surface area contributed by atoms with E-state index in [-0.39, 0.29) is 5.92 Å². The Bertz CT molecular complexity index is 1220. The van der Waals surface area contributed by atoms with E-state index in [1.54, 1.807) is 24.3 Å². The molecule has 0 aromatic heterocycles. The monoisotopic (exact) mass is 575 g/mol. The number of nitrogens with zero attached hydrogens (tertiary/aromatic N) is 1. The van der Waals surface area contributed by atoms with Gasteiger partial charge in [-0.05, 0) is 75.4 Å². The maximum absolute atomic E-state index is 12.7. The van der Waals surface area contributed by atoms with Crippen LogP contribution in [0.15, 0.2) is 76.3 Å². The van der Waals surface area contributed by atoms with Gasteiger partial charge in [-0.1, -0.05) is 61.3 Å². The molecular weight excluding hydrogens is 553 g/mol. The Kier molecular flexibility index (Phi) is 9.72. The van der Waals surface area contributed by atoms with Gasteiger partial charge in [0.25, 0.3) is 11.8 Å². The van der Waals surface area contributed by atoms with Gasteiger partial charge in [-0.25, -0.2) is 5.43 Å². The Hall–Kier alpha value is -2.87. The van der Waals surface area contributed by atoms with Crippen molar-refractivity contribution < 1.29 is 14.3 Å². The Morgan fingerprint density at radius 2 is 1.77 bits per heavy atom. The highest BCUT2D eigenvalue weighted by Gasteiger charge is 2.25. The quantitative estimate of drug-likeness (QED) is 0.234. The molecule has 1 atom stereocenters. The van der Waals surface area contributed by atoms with Gasteiger partial charge in [0.05, 0.1) is 21.3 Å². The lowest BCUT2D eigenvalue weighted by Crippen LogP contribution is -2.48. The fourth-order valence-corrected chi connectivity index (χ4v) is 3.95. The molecule has 0 radical (unpaired) electrons. The molecule has 0 saturated heterocycles. The summed E-state index contributed by atoms with van der Waals surface area (Å²) in [6.45, 7) is 4.07. The smallest absolute Gasteiger partial charge is 0.262 e. The van der Waals surface area contributed by atoms with Crippen LogP contribution in [0.4, 0.5) is 0 Å². The van der Waals surface area contributed by atoms with Crippen LogP contribution >= 0.6 is 39.1 Å². The topological polar surface area (TPSA) is 79.8 Å². The molecule has 3 rings (SSSR count). The van der Waals surface area contributed by atoms with Gasteiger partial charge in [0.1, 0.15) is 18.4 Å². The van der Waals surface area contributed by atoms with Crippen molar-refractivity contribution in [3.05, 3.63) is 97.9 Å². The molecule has 0 aliphatic heterocycles. The average molecular weight is 577 g/mol. The van der Waals surface area contributed by atoms with Crippen molar-refractivity contribution in [3.63, 3.8) is 0 Å². The van der Waals surface area contributed by atoms with Crippen LogP contribution in [0.5, 0.6) is 5.75 Å². The van der Waals surface area contributed by atoms with Crippen LogP contribution in [0.2, 0.25) is 10.0 Å². The number of rotatable bonds is 9. The molecule has 0 spiro atoms. The second-order valence-corrected chi connectivity index (χ2v) is 9.71. The van der Waals surface area contributed by atoms with Crippen LogP contribution in [0, 0.1) is 5.92 Å². The van der Waals surface area contributed by atoms with Crippen molar-refractivity contribution in [1.82, 2.24) is 10.7 Å². The van der Waals surface area contributed by atoms with E-state index in [2.05, 4.69) is 31.8 Å². The first-order valence-electron chi connectivity index (χ1n) is 10.8. The van der Waals surface area contributed by atoms with E-state index < -0.39 is 17.9 Å². The summed E-state index contributed by atoms with van der Waals surface area (Å²) in [5.41, 5.74) is 4.54. The van der Waals surface area contributed by atoms with Gasteiger partial charge in [-0.15, -0.1) is 0 Å². The zero-order chi connectivity index (χ0) is 25.4. The second-order valence-electron chi connectivity index (χ2n) is 8.01. The van der Waals surface area contributed by atoms with E-state index in [9.17, 15) is 9.59 Å². The molecular formula is C26H24BrCl2N3O3. The van der Waals surface area contributed by atoms with Gasteiger partial charge in [0, 0.05) is 5.02 Å². The van der Waals surface area contributed by atoms with Crippen molar-refractivity contribution in [2.24, 2.45) is 11.0 Å². The first-order chi connectivity index (χ1) is 16.7.